The Kier molecular flexibility index (Phi) is 22.6. The van der Waals surface area contributed by atoms with Gasteiger partial charge < -0.3 is 35.4 Å². The number of amides is 1. The maximum absolute atomic E-state index is 10.1. The zero-order valence-corrected chi connectivity index (χ0v) is 27.8. The summed E-state index contributed by atoms with van der Waals surface area (Å²) in [7, 11) is 3.41. The zero-order valence-electron chi connectivity index (χ0n) is 27.8. The number of aldehydes is 1. The molecule has 0 bridgehead atoms. The summed E-state index contributed by atoms with van der Waals surface area (Å²) in [6, 6.07) is 16.7. The molecule has 0 unspecified atom stereocenters. The van der Waals surface area contributed by atoms with Gasteiger partial charge in [-0.2, -0.15) is 0 Å². The summed E-state index contributed by atoms with van der Waals surface area (Å²) in [4.78, 5) is 36.2. The Morgan fingerprint density at radius 1 is 0.909 bits per heavy atom. The molecule has 0 saturated carbocycles. The fraction of sp³-hybridized carbons (Fsp3) is 0.412. The van der Waals surface area contributed by atoms with Gasteiger partial charge in [0.1, 0.15) is 6.29 Å². The van der Waals surface area contributed by atoms with Crippen molar-refractivity contribution >= 4 is 18.3 Å². The van der Waals surface area contributed by atoms with Crippen LogP contribution in [0.1, 0.15) is 60.8 Å². The lowest BCUT2D eigenvalue weighted by Crippen LogP contribution is -2.24. The number of imidazole rings is 2. The molecule has 1 saturated heterocycles. The van der Waals surface area contributed by atoms with E-state index in [2.05, 4.69) is 104 Å². The number of H-pyrrole nitrogens is 2. The number of nitrogen functional groups attached to an aromatic ring is 1. The summed E-state index contributed by atoms with van der Waals surface area (Å²) < 4.78 is 4.14. The number of aromatic nitrogens is 4. The van der Waals surface area contributed by atoms with Crippen LogP contribution in [0.25, 0.3) is 33.6 Å². The number of aromatic amines is 2. The minimum atomic E-state index is -0.586. The van der Waals surface area contributed by atoms with Crippen LogP contribution in [-0.2, 0) is 9.53 Å². The highest BCUT2D eigenvalue weighted by Crippen LogP contribution is 2.26. The van der Waals surface area contributed by atoms with Crippen molar-refractivity contribution in [3.05, 3.63) is 67.3 Å². The van der Waals surface area contributed by atoms with Gasteiger partial charge in [-0.15, -0.1) is 0 Å². The molecule has 10 nitrogen and oxygen atoms in total. The van der Waals surface area contributed by atoms with Crippen molar-refractivity contribution in [2.45, 2.75) is 60.8 Å². The number of ether oxygens (including phenoxy) is 1. The van der Waals surface area contributed by atoms with Gasteiger partial charge in [0, 0.05) is 0 Å². The fourth-order valence-electron chi connectivity index (χ4n) is 3.65. The van der Waals surface area contributed by atoms with Gasteiger partial charge in [-0.3, -0.25) is 0 Å². The van der Waals surface area contributed by atoms with Crippen LogP contribution in [0.2, 0.25) is 0 Å². The maximum Gasteiger partial charge on any atom is 0.407 e. The van der Waals surface area contributed by atoms with Crippen molar-refractivity contribution in [3.63, 3.8) is 0 Å². The number of benzene rings is 2. The molecule has 1 fully saturated rings. The predicted octanol–water partition coefficient (Wildman–Crippen LogP) is 7.44. The Balaban J connectivity index is 0.000000725. The standard InChI is InChI=1S/C18H15N5.C5H11N.C4H7NO3.C3H8.2C2H6/c19-18-21-10-17(23-18)15-7-3-13(4-8-15)12-1-5-14(6-2-12)16-9-20-11-22-16;1-6-4-2-3-5-6;1-8-4(7)5-2-3-6;1-3-2;2*1-2/h1-11H,(H,20,22)(H3,19,21,23);2-5H2,1H3;3H,2H2,1H3,(H,5,7);3H2,1-2H3;2*1-2H3. The molecule has 0 spiro atoms. The summed E-state index contributed by atoms with van der Waals surface area (Å²) in [5, 5.41) is 2.15. The van der Waals surface area contributed by atoms with E-state index in [0.29, 0.717) is 12.2 Å². The molecule has 10 heteroatoms. The number of anilines is 1. The molecule has 5 rings (SSSR count). The number of carbonyl (C=O) groups excluding carboxylic acids is 2. The molecule has 5 N–H and O–H groups in total. The second kappa shape index (κ2) is 25.1. The van der Waals surface area contributed by atoms with Crippen molar-refractivity contribution in [3.8, 4) is 33.6 Å². The first-order valence-electron chi connectivity index (χ1n) is 15.4. The average molecular weight is 608 g/mol. The van der Waals surface area contributed by atoms with Gasteiger partial charge in [-0.25, -0.2) is 14.8 Å². The second-order valence-corrected chi connectivity index (χ2v) is 9.06. The number of methoxy groups -OCH3 is 1. The summed E-state index contributed by atoms with van der Waals surface area (Å²) in [5.41, 5.74) is 12.1. The van der Waals surface area contributed by atoms with Gasteiger partial charge >= 0.3 is 6.09 Å². The van der Waals surface area contributed by atoms with E-state index in [0.717, 1.165) is 28.1 Å². The van der Waals surface area contributed by atoms with Gasteiger partial charge in [0.2, 0.25) is 0 Å². The molecule has 0 radical (unpaired) electrons. The highest BCUT2D eigenvalue weighted by molar-refractivity contribution is 5.72. The molecule has 242 valence electrons. The molecule has 1 aliphatic heterocycles. The molecular weight excluding hydrogens is 554 g/mol. The van der Waals surface area contributed by atoms with E-state index < -0.39 is 6.09 Å². The monoisotopic (exact) mass is 607 g/mol. The van der Waals surface area contributed by atoms with E-state index >= 15 is 0 Å². The topological polar surface area (TPSA) is 142 Å². The van der Waals surface area contributed by atoms with Crippen LogP contribution >= 0.6 is 0 Å². The summed E-state index contributed by atoms with van der Waals surface area (Å²) in [6.07, 6.45) is 9.31. The highest BCUT2D eigenvalue weighted by Gasteiger charge is 2.05. The van der Waals surface area contributed by atoms with Gasteiger partial charge in [-0.1, -0.05) is 96.5 Å². The number of likely N-dealkylation sites (tertiary alicyclic amines) is 1. The van der Waals surface area contributed by atoms with E-state index in [1.54, 1.807) is 12.5 Å². The van der Waals surface area contributed by atoms with Gasteiger partial charge in [-0.05, 0) is 55.2 Å². The van der Waals surface area contributed by atoms with Crippen molar-refractivity contribution in [2.24, 2.45) is 0 Å². The average Bonchev–Trinajstić information content (AvgIpc) is 3.87. The Hall–Kier alpha value is -4.44. The van der Waals surface area contributed by atoms with E-state index in [9.17, 15) is 9.59 Å². The lowest BCUT2D eigenvalue weighted by atomic mass is 10.0. The van der Waals surface area contributed by atoms with Crippen LogP contribution in [0.5, 0.6) is 0 Å². The third-order valence-corrected chi connectivity index (χ3v) is 5.66. The van der Waals surface area contributed by atoms with Crippen molar-refractivity contribution < 1.29 is 14.3 Å². The van der Waals surface area contributed by atoms with Crippen LogP contribution < -0.4 is 11.1 Å². The summed E-state index contributed by atoms with van der Waals surface area (Å²) in [6.45, 7) is 14.9. The molecule has 2 aromatic heterocycles. The third kappa shape index (κ3) is 15.7. The number of hydrogen-bond acceptors (Lipinski definition) is 7. The van der Waals surface area contributed by atoms with Gasteiger partial charge in [0.25, 0.3) is 0 Å². The normalized spacial score (nSPS) is 11.2. The molecular formula is C34H53N7O3. The third-order valence-electron chi connectivity index (χ3n) is 5.66. The van der Waals surface area contributed by atoms with E-state index in [-0.39, 0.29) is 6.54 Å². The minimum absolute atomic E-state index is 0.00662. The van der Waals surface area contributed by atoms with E-state index in [1.807, 2.05) is 33.9 Å². The van der Waals surface area contributed by atoms with Crippen molar-refractivity contribution in [2.75, 3.05) is 39.5 Å². The Labute approximate surface area is 263 Å². The fourth-order valence-corrected chi connectivity index (χ4v) is 3.65. The lowest BCUT2D eigenvalue weighted by molar-refractivity contribution is -0.107. The van der Waals surface area contributed by atoms with Crippen molar-refractivity contribution in [1.29, 1.82) is 0 Å². The smallest absolute Gasteiger partial charge is 0.407 e. The number of nitrogens with two attached hydrogens (primary N) is 1. The molecule has 4 aromatic rings. The molecule has 1 aliphatic rings. The number of hydrogen-bond donors (Lipinski definition) is 4. The number of alkyl carbamates (subject to hydrolysis) is 1. The van der Waals surface area contributed by atoms with Crippen LogP contribution in [0, 0.1) is 0 Å². The summed E-state index contributed by atoms with van der Waals surface area (Å²) >= 11 is 0. The first-order valence-corrected chi connectivity index (χ1v) is 15.4. The molecule has 0 atom stereocenters. The SMILES string of the molecule is CC.CC.CCC.CN1CCCC1.COC(=O)NCC=O.Nc1ncc(-c2ccc(-c3ccc(-c4cnc[nH]4)cc3)cc2)[nH]1. The number of nitrogens with zero attached hydrogens (tertiary/aromatic N) is 3. The molecule has 1 amide bonds. The quantitative estimate of drug-likeness (QED) is 0.173. The molecule has 44 heavy (non-hydrogen) atoms. The van der Waals surface area contributed by atoms with E-state index in [1.165, 1.54) is 45.0 Å². The van der Waals surface area contributed by atoms with Crippen LogP contribution in [-0.4, -0.2) is 71.0 Å². The minimum Gasteiger partial charge on any atom is -0.453 e. The maximum atomic E-state index is 10.1. The Morgan fingerprint density at radius 2 is 1.39 bits per heavy atom. The van der Waals surface area contributed by atoms with Crippen molar-refractivity contribution in [1.82, 2.24) is 30.2 Å². The molecule has 3 heterocycles. The Morgan fingerprint density at radius 3 is 1.73 bits per heavy atom. The predicted molar refractivity (Wildman–Crippen MR) is 183 cm³/mol. The number of nitrogens with one attached hydrogen (secondary N) is 3. The number of carbonyl (C=O) groups is 2. The van der Waals surface area contributed by atoms with E-state index in [4.69, 9.17) is 5.73 Å². The van der Waals surface area contributed by atoms with Gasteiger partial charge in [0.05, 0.1) is 43.8 Å². The first kappa shape index (κ1) is 39.6. The highest BCUT2D eigenvalue weighted by atomic mass is 16.5. The molecule has 2 aromatic carbocycles. The van der Waals surface area contributed by atoms with Crippen LogP contribution in [0.15, 0.2) is 67.3 Å². The largest absolute Gasteiger partial charge is 0.453 e. The van der Waals surface area contributed by atoms with Gasteiger partial charge in [0.15, 0.2) is 5.95 Å². The van der Waals surface area contributed by atoms with Crippen LogP contribution in [0.4, 0.5) is 10.7 Å². The first-order chi connectivity index (χ1) is 21.4. The summed E-state index contributed by atoms with van der Waals surface area (Å²) in [5.74, 6) is 0.429. The lowest BCUT2D eigenvalue weighted by Gasteiger charge is -2.05. The van der Waals surface area contributed by atoms with Crippen LogP contribution in [0.3, 0.4) is 0 Å². The Bertz CT molecular complexity index is 1230. The zero-order chi connectivity index (χ0) is 33.2. The second-order valence-electron chi connectivity index (χ2n) is 9.06. The number of rotatable bonds is 5. The molecule has 0 aliphatic carbocycles.